The Morgan fingerprint density at radius 3 is 0.808 bits per heavy atom. The molecular formula is C85H152O17P2. The molecule has 104 heavy (non-hydrogen) atoms. The minimum absolute atomic E-state index is 0.0906. The molecule has 0 amide bonds. The molecule has 0 aliphatic rings. The molecule has 0 heterocycles. The number of hydrogen-bond acceptors (Lipinski definition) is 15. The molecule has 0 fully saturated rings. The highest BCUT2D eigenvalue weighted by Crippen LogP contribution is 2.45. The fourth-order valence-corrected chi connectivity index (χ4v) is 13.1. The molecule has 0 aromatic carbocycles. The number of unbranched alkanes of at least 4 members (excludes halogenated alkanes) is 39. The third kappa shape index (κ3) is 76.4. The molecule has 0 radical (unpaired) electrons. The van der Waals surface area contributed by atoms with Crippen molar-refractivity contribution in [3.05, 3.63) is 85.1 Å². The Hall–Kier alpha value is -3.76. The molecule has 0 aromatic heterocycles. The molecule has 604 valence electrons. The van der Waals surface area contributed by atoms with Crippen LogP contribution in [0.3, 0.4) is 0 Å². The van der Waals surface area contributed by atoms with Gasteiger partial charge >= 0.3 is 39.5 Å². The third-order valence-corrected chi connectivity index (χ3v) is 19.8. The zero-order chi connectivity index (χ0) is 76.0. The van der Waals surface area contributed by atoms with E-state index in [4.69, 9.17) is 37.0 Å². The second kappa shape index (κ2) is 77.4. The molecule has 0 saturated heterocycles. The van der Waals surface area contributed by atoms with Crippen molar-refractivity contribution in [2.45, 2.75) is 393 Å². The summed E-state index contributed by atoms with van der Waals surface area (Å²) < 4.78 is 68.7. The Morgan fingerprint density at radius 1 is 0.279 bits per heavy atom. The van der Waals surface area contributed by atoms with Crippen molar-refractivity contribution in [2.75, 3.05) is 39.6 Å². The van der Waals surface area contributed by atoms with E-state index in [9.17, 15) is 43.2 Å². The zero-order valence-electron chi connectivity index (χ0n) is 66.2. The van der Waals surface area contributed by atoms with Gasteiger partial charge in [0.05, 0.1) is 26.4 Å². The van der Waals surface area contributed by atoms with Crippen molar-refractivity contribution in [2.24, 2.45) is 0 Å². The summed E-state index contributed by atoms with van der Waals surface area (Å²) in [6.45, 7) is 4.76. The summed E-state index contributed by atoms with van der Waals surface area (Å²) in [6.07, 6.45) is 81.2. The van der Waals surface area contributed by atoms with Crippen molar-refractivity contribution < 1.29 is 80.2 Å². The van der Waals surface area contributed by atoms with Crippen LogP contribution in [0.2, 0.25) is 0 Å². The van der Waals surface area contributed by atoms with Crippen LogP contribution in [0, 0.1) is 0 Å². The number of aliphatic hydroxyl groups is 1. The lowest BCUT2D eigenvalue weighted by molar-refractivity contribution is -0.161. The third-order valence-electron chi connectivity index (χ3n) is 17.9. The number of phosphoric ester groups is 2. The van der Waals surface area contributed by atoms with Gasteiger partial charge in [0.1, 0.15) is 19.3 Å². The molecule has 5 atom stereocenters. The smallest absolute Gasteiger partial charge is 0.462 e. The number of allylic oxidation sites excluding steroid dienone is 14. The summed E-state index contributed by atoms with van der Waals surface area (Å²) in [6, 6.07) is 0. The second-order valence-electron chi connectivity index (χ2n) is 28.1. The number of carbonyl (C=O) groups excluding carboxylic acids is 4. The normalized spacial score (nSPS) is 14.3. The van der Waals surface area contributed by atoms with Gasteiger partial charge in [0, 0.05) is 25.7 Å². The molecule has 0 aromatic rings. The molecule has 0 saturated carbocycles. The monoisotopic (exact) mass is 1510 g/mol. The van der Waals surface area contributed by atoms with E-state index in [2.05, 4.69) is 113 Å². The highest BCUT2D eigenvalue weighted by Gasteiger charge is 2.30. The molecule has 17 nitrogen and oxygen atoms in total. The van der Waals surface area contributed by atoms with Crippen LogP contribution in [-0.2, 0) is 65.4 Å². The number of phosphoric acid groups is 2. The molecule has 0 aliphatic carbocycles. The topological polar surface area (TPSA) is 237 Å². The van der Waals surface area contributed by atoms with E-state index in [0.29, 0.717) is 25.7 Å². The summed E-state index contributed by atoms with van der Waals surface area (Å²) in [7, 11) is -9.96. The Labute approximate surface area is 634 Å². The van der Waals surface area contributed by atoms with Crippen molar-refractivity contribution in [1.29, 1.82) is 0 Å². The van der Waals surface area contributed by atoms with Gasteiger partial charge < -0.3 is 33.8 Å². The number of ether oxygens (including phenoxy) is 4. The first-order valence-electron chi connectivity index (χ1n) is 41.8. The predicted molar refractivity (Wildman–Crippen MR) is 427 cm³/mol. The van der Waals surface area contributed by atoms with Crippen LogP contribution in [0.4, 0.5) is 0 Å². The number of hydrogen-bond donors (Lipinski definition) is 3. The summed E-state index contributed by atoms with van der Waals surface area (Å²) >= 11 is 0. The van der Waals surface area contributed by atoms with Gasteiger partial charge in [-0.2, -0.15) is 0 Å². The van der Waals surface area contributed by atoms with E-state index in [1.165, 1.54) is 148 Å². The van der Waals surface area contributed by atoms with Crippen molar-refractivity contribution in [3.63, 3.8) is 0 Å². The molecule has 3 N–H and O–H groups in total. The Bertz CT molecular complexity index is 2300. The summed E-state index contributed by atoms with van der Waals surface area (Å²) in [5, 5.41) is 10.7. The van der Waals surface area contributed by atoms with Crippen LogP contribution in [0.15, 0.2) is 85.1 Å². The minimum Gasteiger partial charge on any atom is -0.462 e. The number of aliphatic hydroxyl groups excluding tert-OH is 1. The van der Waals surface area contributed by atoms with Gasteiger partial charge in [0.15, 0.2) is 12.2 Å². The molecule has 0 spiro atoms. The summed E-state index contributed by atoms with van der Waals surface area (Å²) in [5.74, 6) is -2.20. The highest BCUT2D eigenvalue weighted by molar-refractivity contribution is 7.47. The fraction of sp³-hybridized carbons (Fsp3) is 0.788. The maximum atomic E-state index is 13.1. The van der Waals surface area contributed by atoms with Crippen LogP contribution < -0.4 is 0 Å². The van der Waals surface area contributed by atoms with Crippen molar-refractivity contribution in [3.8, 4) is 0 Å². The first-order valence-corrected chi connectivity index (χ1v) is 44.8. The van der Waals surface area contributed by atoms with Crippen LogP contribution in [-0.4, -0.2) is 96.7 Å². The standard InChI is InChI=1S/C85H152O17P2/c1-5-9-13-17-21-25-29-33-37-38-39-40-44-46-50-54-58-62-66-70-83(88)96-76-81(102-85(90)72-68-64-60-56-52-48-43-36-32-28-24-20-16-12-8-4)78-100-104(93,94)98-74-79(86)73-97-103(91,92)99-77-80(101-84(89)71-67-63-59-55-51-47-42-35-31-27-23-19-15-11-7-3)75-95-82(87)69-65-61-57-53-49-45-41-34-30-26-22-18-14-10-6-2/h10,14,21-22,25-26,33-34,37,39-41,49,53,79-81,86H,5-9,11-13,15-20,23-24,27-32,35-36,38,42-48,50-52,54-78H2,1-4H3,(H,91,92)(H,93,94)/b14-10-,25-21-,26-22-,37-33-,40-39-,41-34-,53-49-. The average Bonchev–Trinajstić information content (AvgIpc) is 0.912. The van der Waals surface area contributed by atoms with Crippen LogP contribution in [0.1, 0.15) is 374 Å². The summed E-state index contributed by atoms with van der Waals surface area (Å²) in [4.78, 5) is 73.1. The van der Waals surface area contributed by atoms with Gasteiger partial charge in [-0.1, -0.05) is 331 Å². The van der Waals surface area contributed by atoms with Gasteiger partial charge in [0.25, 0.3) is 0 Å². The van der Waals surface area contributed by atoms with Crippen LogP contribution >= 0.6 is 15.6 Å². The SMILES string of the molecule is CC/C=C\C/C=C\C/C=C\C/C=C\CCCCC(=O)OCC(COP(=O)(O)OCC(O)COP(=O)(O)OCC(COC(=O)CCCCCCCC/C=C\C/C=C\C/C=C\CCCCC)OC(=O)CCCCCCCCCCCCCCCCC)OC(=O)CCCCCCCCCCCCCCCCC. The minimum atomic E-state index is -4.98. The lowest BCUT2D eigenvalue weighted by atomic mass is 10.0. The first kappa shape index (κ1) is 100. The lowest BCUT2D eigenvalue weighted by Gasteiger charge is -2.21. The number of esters is 4. The zero-order valence-corrected chi connectivity index (χ0v) is 68.0. The first-order chi connectivity index (χ1) is 50.7. The van der Waals surface area contributed by atoms with Gasteiger partial charge in [-0.25, -0.2) is 9.13 Å². The van der Waals surface area contributed by atoms with E-state index in [1.54, 1.807) is 0 Å². The molecular weight excluding hydrogens is 1350 g/mol. The van der Waals surface area contributed by atoms with Gasteiger partial charge in [0.2, 0.25) is 0 Å². The average molecular weight is 1510 g/mol. The number of rotatable bonds is 79. The van der Waals surface area contributed by atoms with E-state index >= 15 is 0 Å². The lowest BCUT2D eigenvalue weighted by Crippen LogP contribution is -2.30. The van der Waals surface area contributed by atoms with Crippen molar-refractivity contribution in [1.82, 2.24) is 0 Å². The van der Waals surface area contributed by atoms with E-state index in [0.717, 1.165) is 148 Å². The van der Waals surface area contributed by atoms with Gasteiger partial charge in [-0.3, -0.25) is 37.3 Å². The Balaban J connectivity index is 5.36. The summed E-state index contributed by atoms with van der Waals surface area (Å²) in [5.41, 5.74) is 0. The molecule has 5 unspecified atom stereocenters. The molecule has 0 rings (SSSR count). The van der Waals surface area contributed by atoms with E-state index < -0.39 is 97.5 Å². The Kier molecular flexibility index (Phi) is 74.6. The quantitative estimate of drug-likeness (QED) is 0.0169. The predicted octanol–water partition coefficient (Wildman–Crippen LogP) is 24.6. The van der Waals surface area contributed by atoms with Crippen LogP contribution in [0.25, 0.3) is 0 Å². The maximum Gasteiger partial charge on any atom is 0.472 e. The highest BCUT2D eigenvalue weighted by atomic mass is 31.2. The molecule has 19 heteroatoms. The molecule has 0 bridgehead atoms. The fourth-order valence-electron chi connectivity index (χ4n) is 11.5. The largest absolute Gasteiger partial charge is 0.472 e. The number of carbonyl (C=O) groups is 4. The van der Waals surface area contributed by atoms with E-state index in [-0.39, 0.29) is 25.7 Å². The van der Waals surface area contributed by atoms with Gasteiger partial charge in [-0.15, -0.1) is 0 Å². The van der Waals surface area contributed by atoms with E-state index in [1.807, 2.05) is 0 Å². The molecule has 0 aliphatic heterocycles. The van der Waals surface area contributed by atoms with Crippen molar-refractivity contribution >= 4 is 39.5 Å². The van der Waals surface area contributed by atoms with Crippen LogP contribution in [0.5, 0.6) is 0 Å². The Morgan fingerprint density at radius 2 is 0.500 bits per heavy atom. The maximum absolute atomic E-state index is 13.1. The van der Waals surface area contributed by atoms with Gasteiger partial charge in [-0.05, 0) is 103 Å². The second-order valence-corrected chi connectivity index (χ2v) is 31.0.